The van der Waals surface area contributed by atoms with Crippen molar-refractivity contribution in [3.63, 3.8) is 0 Å². The summed E-state index contributed by atoms with van der Waals surface area (Å²) in [6.07, 6.45) is 9.54. The first-order valence-corrected chi connectivity index (χ1v) is 20.6. The van der Waals surface area contributed by atoms with Gasteiger partial charge in [-0.3, -0.25) is 0 Å². The number of aldehydes is 1. The van der Waals surface area contributed by atoms with Gasteiger partial charge in [0, 0.05) is 0 Å². The number of rotatable bonds is 17. The molecule has 0 aromatic carbocycles. The van der Waals surface area contributed by atoms with Gasteiger partial charge in [-0.1, -0.05) is 0 Å². The van der Waals surface area contributed by atoms with Crippen LogP contribution in [0.2, 0.25) is 13.3 Å². The van der Waals surface area contributed by atoms with E-state index in [0.29, 0.717) is 6.42 Å². The Morgan fingerprint density at radius 2 is 1.32 bits per heavy atom. The Morgan fingerprint density at radius 1 is 0.903 bits per heavy atom. The molecule has 0 aliphatic rings. The SMILES string of the molecule is CCC[CH2][Sn]([CH2]CCC)([CH2]CCC)[C@@H](CC(C)(C)CC=O)OC(=O)N(C(C)C)C(C)C. The van der Waals surface area contributed by atoms with Crippen LogP contribution in [0.15, 0.2) is 0 Å². The van der Waals surface area contributed by atoms with Crippen molar-refractivity contribution in [1.82, 2.24) is 4.90 Å². The summed E-state index contributed by atoms with van der Waals surface area (Å²) in [5, 5.41) is 0. The first-order chi connectivity index (χ1) is 14.5. The molecule has 4 nitrogen and oxygen atoms in total. The number of amides is 1. The van der Waals surface area contributed by atoms with Gasteiger partial charge in [0.15, 0.2) is 0 Å². The number of ether oxygens (including phenoxy) is 1. The molecule has 0 saturated heterocycles. The molecule has 31 heavy (non-hydrogen) atoms. The third-order valence-corrected chi connectivity index (χ3v) is 23.1. The van der Waals surface area contributed by atoms with E-state index in [-0.39, 0.29) is 27.7 Å². The Kier molecular flexibility index (Phi) is 15.4. The van der Waals surface area contributed by atoms with Crippen molar-refractivity contribution >= 4 is 30.8 Å². The average Bonchev–Trinajstić information content (AvgIpc) is 2.66. The van der Waals surface area contributed by atoms with Crippen molar-refractivity contribution < 1.29 is 14.3 Å². The van der Waals surface area contributed by atoms with E-state index in [1.54, 1.807) is 0 Å². The van der Waals surface area contributed by atoms with Crippen LogP contribution in [0.3, 0.4) is 0 Å². The van der Waals surface area contributed by atoms with Crippen molar-refractivity contribution in [2.24, 2.45) is 5.41 Å². The van der Waals surface area contributed by atoms with Crippen molar-refractivity contribution in [2.75, 3.05) is 0 Å². The zero-order valence-electron chi connectivity index (χ0n) is 22.3. The van der Waals surface area contributed by atoms with Crippen LogP contribution in [0.4, 0.5) is 4.79 Å². The maximum absolute atomic E-state index is 13.4. The number of hydrogen-bond donors (Lipinski definition) is 0. The minimum absolute atomic E-state index is 0.0430. The number of carbonyl (C=O) groups excluding carboxylic acids is 2. The predicted molar refractivity (Wildman–Crippen MR) is 136 cm³/mol. The van der Waals surface area contributed by atoms with Crippen LogP contribution < -0.4 is 0 Å². The zero-order valence-corrected chi connectivity index (χ0v) is 25.1. The van der Waals surface area contributed by atoms with Crippen molar-refractivity contribution in [1.29, 1.82) is 0 Å². The summed E-state index contributed by atoms with van der Waals surface area (Å²) < 4.78 is 10.5. The summed E-state index contributed by atoms with van der Waals surface area (Å²) in [6, 6.07) is 0.227. The Morgan fingerprint density at radius 3 is 1.65 bits per heavy atom. The van der Waals surface area contributed by atoms with Crippen LogP contribution in [0.25, 0.3) is 0 Å². The van der Waals surface area contributed by atoms with Gasteiger partial charge >= 0.3 is 199 Å². The summed E-state index contributed by atoms with van der Waals surface area (Å²) in [7, 11) is 0. The number of unbranched alkanes of at least 4 members (excludes halogenated alkanes) is 3. The summed E-state index contributed by atoms with van der Waals surface area (Å²) in [5.41, 5.74) is -0.139. The molecule has 184 valence electrons. The second kappa shape index (κ2) is 15.6. The Bertz CT molecular complexity index is 475. The fourth-order valence-electron chi connectivity index (χ4n) is 4.84. The molecule has 0 rings (SSSR count). The second-order valence-electron chi connectivity index (χ2n) is 10.9. The third kappa shape index (κ3) is 10.9. The molecule has 0 aliphatic carbocycles. The number of nitrogens with zero attached hydrogens (tertiary/aromatic N) is 1. The van der Waals surface area contributed by atoms with Crippen LogP contribution in [0.5, 0.6) is 0 Å². The fourth-order valence-corrected chi connectivity index (χ4v) is 22.6. The molecule has 1 amide bonds. The Balaban J connectivity index is 6.22. The molecule has 0 N–H and O–H groups in total. The van der Waals surface area contributed by atoms with Crippen LogP contribution in [0.1, 0.15) is 114 Å². The van der Waals surface area contributed by atoms with Gasteiger partial charge in [0.05, 0.1) is 0 Å². The molecule has 0 bridgehead atoms. The molecule has 0 radical (unpaired) electrons. The first-order valence-electron chi connectivity index (χ1n) is 12.9. The van der Waals surface area contributed by atoms with E-state index >= 15 is 0 Å². The molecule has 0 spiro atoms. The van der Waals surface area contributed by atoms with Gasteiger partial charge in [-0.15, -0.1) is 0 Å². The van der Waals surface area contributed by atoms with Crippen LogP contribution in [-0.4, -0.2) is 51.9 Å². The van der Waals surface area contributed by atoms with Crippen molar-refractivity contribution in [2.45, 2.75) is 143 Å². The standard InChI is InChI=1S/C14H26NO3.3C4H9.Sn/c1-11(2)15(12(3)4)13(17)18-10-8-14(5,6)7-9-16;3*1-3-4-2;/h9-12H,7-8H2,1-6H3;3*1,3-4H2,2H3;. The molecule has 0 fully saturated rings. The molecule has 5 heteroatoms. The average molecular weight is 546 g/mol. The molecular formula is C26H53NO3Sn. The van der Waals surface area contributed by atoms with E-state index in [4.69, 9.17) is 4.74 Å². The van der Waals surface area contributed by atoms with Crippen molar-refractivity contribution in [3.05, 3.63) is 0 Å². The number of carbonyl (C=O) groups is 2. The van der Waals surface area contributed by atoms with E-state index < -0.39 is 18.4 Å². The Labute approximate surface area is 198 Å². The monoisotopic (exact) mass is 547 g/mol. The summed E-state index contributed by atoms with van der Waals surface area (Å²) in [5.74, 6) is 0. The topological polar surface area (TPSA) is 46.6 Å². The Hall–Kier alpha value is -0.261. The molecule has 0 aromatic heterocycles. The van der Waals surface area contributed by atoms with Crippen LogP contribution >= 0.6 is 0 Å². The molecule has 0 saturated carbocycles. The van der Waals surface area contributed by atoms with E-state index in [1.807, 2.05) is 4.90 Å². The molecular weight excluding hydrogens is 493 g/mol. The fraction of sp³-hybridized carbons (Fsp3) is 0.923. The molecule has 0 heterocycles. The van der Waals surface area contributed by atoms with E-state index in [1.165, 1.54) is 51.8 Å². The molecule has 0 unspecified atom stereocenters. The minimum atomic E-state index is -2.85. The van der Waals surface area contributed by atoms with Crippen LogP contribution in [0, 0.1) is 5.41 Å². The molecule has 0 aromatic rings. The quantitative estimate of drug-likeness (QED) is 0.137. The number of hydrogen-bond acceptors (Lipinski definition) is 3. The predicted octanol–water partition coefficient (Wildman–Crippen LogP) is 8.00. The molecule has 1 atom stereocenters. The van der Waals surface area contributed by atoms with E-state index in [9.17, 15) is 9.59 Å². The van der Waals surface area contributed by atoms with Gasteiger partial charge in [0.2, 0.25) is 0 Å². The van der Waals surface area contributed by atoms with Gasteiger partial charge in [-0.05, 0) is 0 Å². The summed E-state index contributed by atoms with van der Waals surface area (Å²) in [4.78, 5) is 26.7. The van der Waals surface area contributed by atoms with E-state index in [2.05, 4.69) is 62.3 Å². The van der Waals surface area contributed by atoms with Crippen molar-refractivity contribution in [3.8, 4) is 0 Å². The van der Waals surface area contributed by atoms with Gasteiger partial charge in [0.1, 0.15) is 0 Å². The summed E-state index contributed by atoms with van der Waals surface area (Å²) in [6.45, 7) is 19.4. The van der Waals surface area contributed by atoms with Crippen LogP contribution in [-0.2, 0) is 9.53 Å². The third-order valence-electron chi connectivity index (χ3n) is 6.71. The second-order valence-corrected chi connectivity index (χ2v) is 24.8. The van der Waals surface area contributed by atoms with E-state index in [0.717, 1.165) is 12.7 Å². The molecule has 0 aliphatic heterocycles. The van der Waals surface area contributed by atoms with Gasteiger partial charge in [-0.2, -0.15) is 0 Å². The maximum atomic E-state index is 13.4. The first kappa shape index (κ1) is 30.7. The normalized spacial score (nSPS) is 13.5. The zero-order chi connectivity index (χ0) is 24.1. The van der Waals surface area contributed by atoms with Gasteiger partial charge in [0.25, 0.3) is 0 Å². The van der Waals surface area contributed by atoms with Gasteiger partial charge in [-0.25, -0.2) is 0 Å². The van der Waals surface area contributed by atoms with Gasteiger partial charge < -0.3 is 0 Å². The summed E-state index contributed by atoms with van der Waals surface area (Å²) >= 11 is -2.85.